The maximum absolute atomic E-state index is 10.8. The number of carboxylic acids is 1. The Hall–Kier alpha value is -2.04. The minimum Gasteiger partial charge on any atom is -0.493 e. The first-order valence-corrected chi connectivity index (χ1v) is 6.90. The zero-order chi connectivity index (χ0) is 15.1. The minimum absolute atomic E-state index is 0. The van der Waals surface area contributed by atoms with E-state index in [9.17, 15) is 4.79 Å². The first-order chi connectivity index (χ1) is 10.2. The average Bonchev–Trinajstić information content (AvgIpc) is 2.50. The molecule has 0 aliphatic rings. The summed E-state index contributed by atoms with van der Waals surface area (Å²) in [5.74, 6) is -0.306. The molecule has 0 aliphatic heterocycles. The standard InChI is InChI=1S/C17H19NO3.ClH/c18-15(17(19)20)12-14-8-4-5-9-16(14)21-11-10-13-6-2-1-3-7-13;/h1-9,15H,10-12,18H2,(H,19,20);1H/t15-;/m1./s1. The molecular weight excluding hydrogens is 302 g/mol. The molecule has 2 aromatic rings. The van der Waals surface area contributed by atoms with E-state index in [1.807, 2.05) is 42.5 Å². The zero-order valence-electron chi connectivity index (χ0n) is 12.1. The Morgan fingerprint density at radius 3 is 2.41 bits per heavy atom. The van der Waals surface area contributed by atoms with Gasteiger partial charge in [-0.3, -0.25) is 4.79 Å². The van der Waals surface area contributed by atoms with Gasteiger partial charge in [-0.1, -0.05) is 48.5 Å². The fraction of sp³-hybridized carbons (Fsp3) is 0.235. The summed E-state index contributed by atoms with van der Waals surface area (Å²) in [5, 5.41) is 8.89. The molecule has 2 aromatic carbocycles. The first-order valence-electron chi connectivity index (χ1n) is 6.90. The maximum Gasteiger partial charge on any atom is 0.320 e. The van der Waals surface area contributed by atoms with Gasteiger partial charge >= 0.3 is 5.97 Å². The monoisotopic (exact) mass is 321 g/mol. The van der Waals surface area contributed by atoms with E-state index in [0.29, 0.717) is 12.4 Å². The molecular formula is C17H20ClNO3. The Balaban J connectivity index is 0.00000242. The van der Waals surface area contributed by atoms with E-state index in [1.165, 1.54) is 5.56 Å². The fourth-order valence-electron chi connectivity index (χ4n) is 2.06. The molecule has 0 fully saturated rings. The minimum atomic E-state index is -1.01. The van der Waals surface area contributed by atoms with Crippen molar-refractivity contribution in [1.29, 1.82) is 0 Å². The van der Waals surface area contributed by atoms with Crippen LogP contribution in [0.5, 0.6) is 5.75 Å². The van der Waals surface area contributed by atoms with Crippen molar-refractivity contribution < 1.29 is 14.6 Å². The van der Waals surface area contributed by atoms with Crippen LogP contribution in [0.1, 0.15) is 11.1 Å². The number of benzene rings is 2. The molecule has 0 unspecified atom stereocenters. The van der Waals surface area contributed by atoms with Crippen molar-refractivity contribution in [2.45, 2.75) is 18.9 Å². The second-order valence-electron chi connectivity index (χ2n) is 4.84. The smallest absolute Gasteiger partial charge is 0.320 e. The van der Waals surface area contributed by atoms with Crippen molar-refractivity contribution in [2.75, 3.05) is 6.61 Å². The van der Waals surface area contributed by atoms with E-state index in [4.69, 9.17) is 15.6 Å². The summed E-state index contributed by atoms with van der Waals surface area (Å²) in [6, 6.07) is 16.6. The Morgan fingerprint density at radius 2 is 1.73 bits per heavy atom. The largest absolute Gasteiger partial charge is 0.493 e. The molecule has 0 amide bonds. The molecule has 2 rings (SSSR count). The lowest BCUT2D eigenvalue weighted by atomic mass is 10.1. The van der Waals surface area contributed by atoms with Crippen molar-refractivity contribution in [1.82, 2.24) is 0 Å². The molecule has 0 heterocycles. The van der Waals surface area contributed by atoms with Crippen molar-refractivity contribution in [2.24, 2.45) is 5.73 Å². The first kappa shape index (κ1) is 18.0. The van der Waals surface area contributed by atoms with Crippen molar-refractivity contribution >= 4 is 18.4 Å². The predicted octanol–water partition coefficient (Wildman–Crippen LogP) is 2.68. The number of para-hydroxylation sites is 1. The summed E-state index contributed by atoms with van der Waals surface area (Å²) >= 11 is 0. The number of nitrogens with two attached hydrogens (primary N) is 1. The van der Waals surface area contributed by atoms with Gasteiger partial charge in [0, 0.05) is 12.8 Å². The topological polar surface area (TPSA) is 72.5 Å². The highest BCUT2D eigenvalue weighted by Crippen LogP contribution is 2.19. The SMILES string of the molecule is Cl.N[C@H](Cc1ccccc1OCCc1ccccc1)C(=O)O. The summed E-state index contributed by atoms with van der Waals surface area (Å²) < 4.78 is 5.77. The Kier molecular flexibility index (Phi) is 7.43. The number of rotatable bonds is 7. The molecule has 0 aromatic heterocycles. The lowest BCUT2D eigenvalue weighted by molar-refractivity contribution is -0.138. The van der Waals surface area contributed by atoms with Crippen LogP contribution in [0.2, 0.25) is 0 Å². The van der Waals surface area contributed by atoms with E-state index in [1.54, 1.807) is 0 Å². The Morgan fingerprint density at radius 1 is 1.09 bits per heavy atom. The Bertz CT molecular complexity index is 589. The van der Waals surface area contributed by atoms with E-state index >= 15 is 0 Å². The molecule has 0 radical (unpaired) electrons. The predicted molar refractivity (Wildman–Crippen MR) is 88.6 cm³/mol. The van der Waals surface area contributed by atoms with Gasteiger partial charge in [0.25, 0.3) is 0 Å². The van der Waals surface area contributed by atoms with Crippen LogP contribution in [0.25, 0.3) is 0 Å². The van der Waals surface area contributed by atoms with Gasteiger partial charge in [-0.15, -0.1) is 12.4 Å². The molecule has 5 heteroatoms. The molecule has 118 valence electrons. The summed E-state index contributed by atoms with van der Waals surface area (Å²) in [6.07, 6.45) is 1.07. The Labute approximate surface area is 136 Å². The number of halogens is 1. The number of aliphatic carboxylic acids is 1. The van der Waals surface area contributed by atoms with Crippen molar-refractivity contribution in [3.63, 3.8) is 0 Å². The molecule has 1 atom stereocenters. The maximum atomic E-state index is 10.8. The van der Waals surface area contributed by atoms with Crippen LogP contribution in [0.15, 0.2) is 54.6 Å². The number of carboxylic acid groups (broad SMARTS) is 1. The summed E-state index contributed by atoms with van der Waals surface area (Å²) in [5.41, 5.74) is 7.61. The average molecular weight is 322 g/mol. The molecule has 4 nitrogen and oxygen atoms in total. The molecule has 3 N–H and O–H groups in total. The third-order valence-corrected chi connectivity index (χ3v) is 3.22. The highest BCUT2D eigenvalue weighted by atomic mass is 35.5. The zero-order valence-corrected chi connectivity index (χ0v) is 13.0. The molecule has 0 saturated carbocycles. The molecule has 0 aliphatic carbocycles. The van der Waals surface area contributed by atoms with E-state index in [2.05, 4.69) is 12.1 Å². The third-order valence-electron chi connectivity index (χ3n) is 3.22. The van der Waals surface area contributed by atoms with Gasteiger partial charge in [0.05, 0.1) is 6.61 Å². The number of hydrogen-bond donors (Lipinski definition) is 2. The second-order valence-corrected chi connectivity index (χ2v) is 4.84. The molecule has 0 saturated heterocycles. The van der Waals surface area contributed by atoms with Crippen LogP contribution in [0, 0.1) is 0 Å². The van der Waals surface area contributed by atoms with Crippen LogP contribution < -0.4 is 10.5 Å². The van der Waals surface area contributed by atoms with E-state index in [-0.39, 0.29) is 18.8 Å². The van der Waals surface area contributed by atoms with Crippen molar-refractivity contribution in [3.05, 3.63) is 65.7 Å². The quantitative estimate of drug-likeness (QED) is 0.822. The molecule has 0 bridgehead atoms. The lowest BCUT2D eigenvalue weighted by Crippen LogP contribution is -2.32. The highest BCUT2D eigenvalue weighted by molar-refractivity contribution is 5.85. The summed E-state index contributed by atoms with van der Waals surface area (Å²) in [4.78, 5) is 10.8. The highest BCUT2D eigenvalue weighted by Gasteiger charge is 2.14. The van der Waals surface area contributed by atoms with E-state index < -0.39 is 12.0 Å². The number of hydrogen-bond acceptors (Lipinski definition) is 3. The van der Waals surface area contributed by atoms with Crippen LogP contribution >= 0.6 is 12.4 Å². The van der Waals surface area contributed by atoms with Crippen LogP contribution in [-0.4, -0.2) is 23.7 Å². The van der Waals surface area contributed by atoms with Gasteiger partial charge in [0.15, 0.2) is 0 Å². The lowest BCUT2D eigenvalue weighted by Gasteiger charge is -2.13. The van der Waals surface area contributed by atoms with Gasteiger partial charge in [0.2, 0.25) is 0 Å². The summed E-state index contributed by atoms with van der Waals surface area (Å²) in [6.45, 7) is 0.545. The second kappa shape index (κ2) is 9.07. The van der Waals surface area contributed by atoms with Gasteiger partial charge in [-0.05, 0) is 17.2 Å². The van der Waals surface area contributed by atoms with Gasteiger partial charge in [0.1, 0.15) is 11.8 Å². The van der Waals surface area contributed by atoms with Gasteiger partial charge in [-0.2, -0.15) is 0 Å². The third kappa shape index (κ3) is 5.39. The normalized spacial score (nSPS) is 11.3. The van der Waals surface area contributed by atoms with E-state index in [0.717, 1.165) is 12.0 Å². The van der Waals surface area contributed by atoms with Gasteiger partial charge in [-0.25, -0.2) is 0 Å². The molecule has 0 spiro atoms. The van der Waals surface area contributed by atoms with Crippen LogP contribution in [-0.2, 0) is 17.6 Å². The van der Waals surface area contributed by atoms with Gasteiger partial charge < -0.3 is 15.6 Å². The van der Waals surface area contributed by atoms with Crippen LogP contribution in [0.4, 0.5) is 0 Å². The number of ether oxygens (including phenoxy) is 1. The molecule has 22 heavy (non-hydrogen) atoms. The number of carbonyl (C=O) groups is 1. The summed E-state index contributed by atoms with van der Waals surface area (Å²) in [7, 11) is 0. The van der Waals surface area contributed by atoms with Crippen molar-refractivity contribution in [3.8, 4) is 5.75 Å². The van der Waals surface area contributed by atoms with Crippen LogP contribution in [0.3, 0.4) is 0 Å². The fourth-order valence-corrected chi connectivity index (χ4v) is 2.06.